The van der Waals surface area contributed by atoms with Gasteiger partial charge in [0.15, 0.2) is 11.5 Å². The summed E-state index contributed by atoms with van der Waals surface area (Å²) >= 11 is 0. The van der Waals surface area contributed by atoms with Crippen LogP contribution in [0.2, 0.25) is 0 Å². The lowest BCUT2D eigenvalue weighted by Crippen LogP contribution is -2.53. The van der Waals surface area contributed by atoms with Gasteiger partial charge in [-0.25, -0.2) is 4.98 Å². The second-order valence-electron chi connectivity index (χ2n) is 11.7. The Kier molecular flexibility index (Phi) is 8.41. The molecule has 3 fully saturated rings. The number of benzene rings is 1. The summed E-state index contributed by atoms with van der Waals surface area (Å²) in [7, 11) is 3.69. The van der Waals surface area contributed by atoms with Gasteiger partial charge in [0.25, 0.3) is 0 Å². The van der Waals surface area contributed by atoms with Crippen LogP contribution < -0.4 is 15.4 Å². The minimum atomic E-state index is -0.374. The van der Waals surface area contributed by atoms with Crippen molar-refractivity contribution in [3.63, 3.8) is 0 Å². The predicted molar refractivity (Wildman–Crippen MR) is 161 cm³/mol. The number of likely N-dealkylation sites (tertiary alicyclic amines) is 1. The highest BCUT2D eigenvalue weighted by Gasteiger charge is 2.32. The van der Waals surface area contributed by atoms with Crippen LogP contribution in [-0.4, -0.2) is 106 Å². The van der Waals surface area contributed by atoms with Crippen LogP contribution in [0.4, 0.5) is 17.5 Å². The molecule has 0 bridgehead atoms. The zero-order valence-corrected chi connectivity index (χ0v) is 24.6. The number of rotatable bonds is 6. The predicted octanol–water partition coefficient (Wildman–Crippen LogP) is 3.33. The topological polar surface area (TPSA) is 132 Å². The first-order valence-electron chi connectivity index (χ1n) is 15.2. The van der Waals surface area contributed by atoms with Gasteiger partial charge in [0.2, 0.25) is 5.95 Å². The van der Waals surface area contributed by atoms with Crippen molar-refractivity contribution >= 4 is 40.4 Å². The van der Waals surface area contributed by atoms with Crippen molar-refractivity contribution in [1.82, 2.24) is 34.6 Å². The van der Waals surface area contributed by atoms with Crippen molar-refractivity contribution in [3.05, 3.63) is 30.1 Å². The van der Waals surface area contributed by atoms with Gasteiger partial charge in [-0.1, -0.05) is 25.3 Å². The molecule has 0 atom stereocenters. The van der Waals surface area contributed by atoms with Crippen LogP contribution in [0.3, 0.4) is 0 Å². The van der Waals surface area contributed by atoms with E-state index >= 15 is 0 Å². The number of nitrogens with one attached hydrogen (secondary N) is 3. The summed E-state index contributed by atoms with van der Waals surface area (Å²) < 4.78 is 5.77. The molecule has 0 radical (unpaired) electrons. The van der Waals surface area contributed by atoms with E-state index in [1.54, 1.807) is 23.2 Å². The number of imidazole rings is 1. The number of methoxy groups -OCH3 is 1. The number of H-pyrrole nitrogens is 1. The Morgan fingerprint density at radius 1 is 0.929 bits per heavy atom. The number of likely N-dealkylation sites (N-methyl/N-ethyl adjacent to an activating group) is 1. The third-order valence-electron chi connectivity index (χ3n) is 8.93. The number of anilines is 3. The Morgan fingerprint density at radius 2 is 1.64 bits per heavy atom. The molecule has 1 saturated carbocycles. The SMILES string of the molecule is COc1cc(C2CCN(C(=O)C(=O)N3CCN(C)CC3)CC2)ccc1Nc1nc(NC2CCCCC2)c2[nH]cnc2n1. The molecule has 2 aromatic heterocycles. The van der Waals surface area contributed by atoms with Crippen LogP contribution in [0.15, 0.2) is 24.5 Å². The third-order valence-corrected chi connectivity index (χ3v) is 8.93. The third kappa shape index (κ3) is 6.13. The molecular formula is C30H41N9O3. The number of piperidine rings is 1. The standard InChI is InChI=1S/C30H41N9O3/c1-37-14-16-39(17-15-37)29(41)28(40)38-12-10-20(11-13-38)21-8-9-23(24(18-21)42-2)34-30-35-26-25(31-19-32-26)27(36-30)33-22-6-4-3-5-7-22/h8-9,18-20,22H,3-7,10-17H2,1-2H3,(H3,31,32,33,34,35,36). The first kappa shape index (κ1) is 28.2. The molecule has 4 heterocycles. The van der Waals surface area contributed by atoms with E-state index in [1.807, 2.05) is 19.2 Å². The monoisotopic (exact) mass is 575 g/mol. The highest BCUT2D eigenvalue weighted by atomic mass is 16.5. The lowest BCUT2D eigenvalue weighted by Gasteiger charge is -2.35. The van der Waals surface area contributed by atoms with Crippen molar-refractivity contribution in [3.8, 4) is 5.75 Å². The van der Waals surface area contributed by atoms with Gasteiger partial charge in [-0.05, 0) is 56.3 Å². The number of aromatic amines is 1. The van der Waals surface area contributed by atoms with Gasteiger partial charge >= 0.3 is 11.8 Å². The number of hydrogen-bond acceptors (Lipinski definition) is 9. The summed E-state index contributed by atoms with van der Waals surface area (Å²) in [5, 5.41) is 6.95. The lowest BCUT2D eigenvalue weighted by molar-refractivity contribution is -0.153. The number of amides is 2. The lowest BCUT2D eigenvalue weighted by atomic mass is 9.89. The molecule has 3 aliphatic rings. The molecular weight excluding hydrogens is 534 g/mol. The minimum absolute atomic E-state index is 0.277. The fourth-order valence-corrected chi connectivity index (χ4v) is 6.32. The first-order valence-corrected chi connectivity index (χ1v) is 15.2. The molecule has 6 rings (SSSR count). The number of carbonyl (C=O) groups is 2. The van der Waals surface area contributed by atoms with Crippen LogP contribution in [-0.2, 0) is 9.59 Å². The molecule has 3 aromatic rings. The molecule has 0 spiro atoms. The van der Waals surface area contributed by atoms with E-state index in [0.29, 0.717) is 49.6 Å². The molecule has 224 valence electrons. The van der Waals surface area contributed by atoms with Crippen LogP contribution in [0.1, 0.15) is 56.4 Å². The number of carbonyl (C=O) groups excluding carboxylic acids is 2. The Morgan fingerprint density at radius 3 is 2.36 bits per heavy atom. The second kappa shape index (κ2) is 12.5. The Labute approximate surface area is 246 Å². The quantitative estimate of drug-likeness (QED) is 0.379. The fraction of sp³-hybridized carbons (Fsp3) is 0.567. The molecule has 2 amide bonds. The van der Waals surface area contributed by atoms with E-state index in [0.717, 1.165) is 61.4 Å². The van der Waals surface area contributed by atoms with Gasteiger partial charge in [0.05, 0.1) is 19.1 Å². The molecule has 42 heavy (non-hydrogen) atoms. The molecule has 3 N–H and O–H groups in total. The van der Waals surface area contributed by atoms with E-state index in [4.69, 9.17) is 9.72 Å². The van der Waals surface area contributed by atoms with E-state index in [2.05, 4.69) is 36.6 Å². The van der Waals surface area contributed by atoms with Crippen LogP contribution in [0.5, 0.6) is 5.75 Å². The summed E-state index contributed by atoms with van der Waals surface area (Å²) in [6.07, 6.45) is 9.26. The van der Waals surface area contributed by atoms with Crippen molar-refractivity contribution < 1.29 is 14.3 Å². The normalized spacial score (nSPS) is 19.2. The van der Waals surface area contributed by atoms with Gasteiger partial charge in [-0.15, -0.1) is 0 Å². The number of hydrogen-bond donors (Lipinski definition) is 3. The zero-order chi connectivity index (χ0) is 29.1. The van der Waals surface area contributed by atoms with Crippen LogP contribution in [0.25, 0.3) is 11.2 Å². The maximum atomic E-state index is 12.9. The average Bonchev–Trinajstić information content (AvgIpc) is 3.51. The largest absolute Gasteiger partial charge is 0.495 e. The second-order valence-corrected chi connectivity index (χ2v) is 11.7. The fourth-order valence-electron chi connectivity index (χ4n) is 6.32. The zero-order valence-electron chi connectivity index (χ0n) is 24.6. The van der Waals surface area contributed by atoms with Crippen molar-refractivity contribution in [2.75, 3.05) is 64.1 Å². The summed E-state index contributed by atoms with van der Waals surface area (Å²) in [5.74, 6) is 1.44. The van der Waals surface area contributed by atoms with Crippen molar-refractivity contribution in [2.24, 2.45) is 0 Å². The van der Waals surface area contributed by atoms with Gasteiger partial charge in [-0.2, -0.15) is 9.97 Å². The summed E-state index contributed by atoms with van der Waals surface area (Å²) in [6.45, 7) is 3.96. The summed E-state index contributed by atoms with van der Waals surface area (Å²) in [4.78, 5) is 48.2. The van der Waals surface area contributed by atoms with E-state index < -0.39 is 0 Å². The number of piperazine rings is 1. The molecule has 12 nitrogen and oxygen atoms in total. The van der Waals surface area contributed by atoms with Crippen molar-refractivity contribution in [2.45, 2.75) is 56.9 Å². The van der Waals surface area contributed by atoms with Gasteiger partial charge in [0.1, 0.15) is 11.3 Å². The van der Waals surface area contributed by atoms with Crippen LogP contribution >= 0.6 is 0 Å². The molecule has 2 aliphatic heterocycles. The summed E-state index contributed by atoms with van der Waals surface area (Å²) in [5.41, 5.74) is 3.33. The number of ether oxygens (including phenoxy) is 1. The van der Waals surface area contributed by atoms with Crippen LogP contribution in [0, 0.1) is 0 Å². The minimum Gasteiger partial charge on any atom is -0.495 e. The highest BCUT2D eigenvalue weighted by Crippen LogP contribution is 2.35. The molecule has 0 unspecified atom stereocenters. The molecule has 2 saturated heterocycles. The number of nitrogens with zero attached hydrogens (tertiary/aromatic N) is 6. The Hall–Kier alpha value is -3.93. The smallest absolute Gasteiger partial charge is 0.312 e. The van der Waals surface area contributed by atoms with E-state index in [-0.39, 0.29) is 17.7 Å². The number of fused-ring (bicyclic) bond motifs is 1. The highest BCUT2D eigenvalue weighted by molar-refractivity contribution is 6.34. The Balaban J connectivity index is 1.11. The molecule has 12 heteroatoms. The Bertz CT molecular complexity index is 1400. The van der Waals surface area contributed by atoms with E-state index in [1.165, 1.54) is 19.3 Å². The number of aromatic nitrogens is 4. The van der Waals surface area contributed by atoms with Gasteiger partial charge in [-0.3, -0.25) is 9.59 Å². The van der Waals surface area contributed by atoms with Gasteiger partial charge in [0, 0.05) is 45.3 Å². The maximum Gasteiger partial charge on any atom is 0.312 e. The maximum absolute atomic E-state index is 12.9. The average molecular weight is 576 g/mol. The first-order chi connectivity index (χ1) is 20.5. The molecule has 1 aromatic carbocycles. The molecule has 1 aliphatic carbocycles. The van der Waals surface area contributed by atoms with E-state index in [9.17, 15) is 9.59 Å². The van der Waals surface area contributed by atoms with Crippen molar-refractivity contribution in [1.29, 1.82) is 0 Å². The summed E-state index contributed by atoms with van der Waals surface area (Å²) in [6, 6.07) is 6.54. The van der Waals surface area contributed by atoms with Gasteiger partial charge < -0.3 is 35.1 Å².